The molecule has 2 heterocycles. The maximum absolute atomic E-state index is 10.6. The molecular formula is C6H5N3O. The van der Waals surface area contributed by atoms with Crippen LogP contribution in [0.15, 0.2) is 30.6 Å². The molecule has 0 aromatic carbocycles. The van der Waals surface area contributed by atoms with Gasteiger partial charge >= 0.3 is 0 Å². The summed E-state index contributed by atoms with van der Waals surface area (Å²) >= 11 is 0. The summed E-state index contributed by atoms with van der Waals surface area (Å²) in [6.45, 7) is 0. The van der Waals surface area contributed by atoms with E-state index >= 15 is 0 Å². The summed E-state index contributed by atoms with van der Waals surface area (Å²) < 4.78 is 1.52. The molecule has 0 saturated heterocycles. The zero-order valence-electron chi connectivity index (χ0n) is 5.14. The highest BCUT2D eigenvalue weighted by molar-refractivity contribution is 5.40. The molecule has 2 aromatic rings. The SMILES string of the molecule is [O-][n+]1cc2ccccn2n1. The molecule has 0 spiro atoms. The Morgan fingerprint density at radius 2 is 2.40 bits per heavy atom. The van der Waals surface area contributed by atoms with Crippen molar-refractivity contribution < 1.29 is 4.85 Å². The van der Waals surface area contributed by atoms with Gasteiger partial charge < -0.3 is 5.21 Å². The molecule has 4 heteroatoms. The number of hydrogen-bond acceptors (Lipinski definition) is 2. The molecule has 0 saturated carbocycles. The third kappa shape index (κ3) is 0.621. The van der Waals surface area contributed by atoms with E-state index in [0.717, 1.165) is 5.52 Å². The van der Waals surface area contributed by atoms with Gasteiger partial charge in [0.05, 0.1) is 5.21 Å². The van der Waals surface area contributed by atoms with Crippen LogP contribution in [0.4, 0.5) is 0 Å². The maximum atomic E-state index is 10.6. The van der Waals surface area contributed by atoms with Gasteiger partial charge in [-0.1, -0.05) is 6.07 Å². The van der Waals surface area contributed by atoms with Crippen LogP contribution in [0, 0.1) is 5.21 Å². The van der Waals surface area contributed by atoms with E-state index in [1.54, 1.807) is 6.20 Å². The summed E-state index contributed by atoms with van der Waals surface area (Å²) in [6.07, 6.45) is 3.14. The number of hydrogen-bond donors (Lipinski definition) is 0. The van der Waals surface area contributed by atoms with E-state index in [9.17, 15) is 5.21 Å². The summed E-state index contributed by atoms with van der Waals surface area (Å²) in [5.74, 6) is 0. The van der Waals surface area contributed by atoms with Crippen molar-refractivity contribution in [2.24, 2.45) is 0 Å². The number of rotatable bonds is 0. The molecule has 0 aliphatic heterocycles. The van der Waals surface area contributed by atoms with E-state index in [0.29, 0.717) is 4.85 Å². The van der Waals surface area contributed by atoms with E-state index < -0.39 is 0 Å². The minimum atomic E-state index is 0.537. The first-order valence-corrected chi connectivity index (χ1v) is 2.90. The van der Waals surface area contributed by atoms with Gasteiger partial charge in [0.2, 0.25) is 0 Å². The van der Waals surface area contributed by atoms with Crippen molar-refractivity contribution in [3.8, 4) is 0 Å². The third-order valence-electron chi connectivity index (χ3n) is 1.30. The van der Waals surface area contributed by atoms with Crippen LogP contribution in [0.2, 0.25) is 0 Å². The van der Waals surface area contributed by atoms with E-state index in [2.05, 4.69) is 5.21 Å². The average Bonchev–Trinajstić information content (AvgIpc) is 2.27. The van der Waals surface area contributed by atoms with Gasteiger partial charge in [-0.05, 0) is 12.1 Å². The van der Waals surface area contributed by atoms with E-state index in [4.69, 9.17) is 0 Å². The first-order chi connectivity index (χ1) is 4.86. The normalized spacial score (nSPS) is 10.4. The second kappa shape index (κ2) is 1.70. The topological polar surface area (TPSA) is 44.2 Å². The quantitative estimate of drug-likeness (QED) is 0.376. The Morgan fingerprint density at radius 1 is 1.50 bits per heavy atom. The van der Waals surface area contributed by atoms with Crippen molar-refractivity contribution in [2.75, 3.05) is 0 Å². The molecule has 0 radical (unpaired) electrons. The fourth-order valence-electron chi connectivity index (χ4n) is 0.865. The molecule has 50 valence electrons. The van der Waals surface area contributed by atoms with Gasteiger partial charge in [0, 0.05) is 0 Å². The monoisotopic (exact) mass is 135 g/mol. The number of fused-ring (bicyclic) bond motifs is 1. The van der Waals surface area contributed by atoms with Crippen LogP contribution >= 0.6 is 0 Å². The fourth-order valence-corrected chi connectivity index (χ4v) is 0.865. The molecular weight excluding hydrogens is 130 g/mol. The first kappa shape index (κ1) is 5.22. The molecule has 0 bridgehead atoms. The summed E-state index contributed by atoms with van der Waals surface area (Å²) in [7, 11) is 0. The third-order valence-corrected chi connectivity index (χ3v) is 1.30. The van der Waals surface area contributed by atoms with Crippen molar-refractivity contribution in [2.45, 2.75) is 0 Å². The van der Waals surface area contributed by atoms with E-state index in [1.165, 1.54) is 10.7 Å². The van der Waals surface area contributed by atoms with Crippen LogP contribution in [-0.4, -0.2) is 9.73 Å². The Balaban J connectivity index is 2.88. The minimum Gasteiger partial charge on any atom is -0.691 e. The second-order valence-corrected chi connectivity index (χ2v) is 1.99. The van der Waals surface area contributed by atoms with Gasteiger partial charge in [0.15, 0.2) is 11.7 Å². The van der Waals surface area contributed by atoms with E-state index in [-0.39, 0.29) is 0 Å². The summed E-state index contributed by atoms with van der Waals surface area (Å²) in [5.41, 5.74) is 0.803. The van der Waals surface area contributed by atoms with Crippen molar-refractivity contribution in [1.29, 1.82) is 0 Å². The van der Waals surface area contributed by atoms with Gasteiger partial charge in [-0.15, -0.1) is 9.36 Å². The van der Waals surface area contributed by atoms with Gasteiger partial charge in [0.25, 0.3) is 0 Å². The highest BCUT2D eigenvalue weighted by Crippen LogP contribution is 1.94. The van der Waals surface area contributed by atoms with Gasteiger partial charge in [-0.3, -0.25) is 0 Å². The lowest BCUT2D eigenvalue weighted by Crippen LogP contribution is -2.27. The molecule has 0 fully saturated rings. The molecule has 2 rings (SSSR count). The van der Waals surface area contributed by atoms with Crippen LogP contribution in [0.5, 0.6) is 0 Å². The maximum Gasteiger partial charge on any atom is 0.197 e. The molecule has 4 nitrogen and oxygen atoms in total. The molecule has 0 aliphatic carbocycles. The van der Waals surface area contributed by atoms with Crippen molar-refractivity contribution in [1.82, 2.24) is 9.73 Å². The fraction of sp³-hybridized carbons (Fsp3) is 0. The summed E-state index contributed by atoms with van der Waals surface area (Å²) in [5, 5.41) is 14.2. The smallest absolute Gasteiger partial charge is 0.197 e. The predicted molar refractivity (Wildman–Crippen MR) is 34.2 cm³/mol. The van der Waals surface area contributed by atoms with Gasteiger partial charge in [-0.2, -0.15) is 0 Å². The lowest BCUT2D eigenvalue weighted by Gasteiger charge is -1.83. The zero-order valence-corrected chi connectivity index (χ0v) is 5.14. The lowest BCUT2D eigenvalue weighted by molar-refractivity contribution is -0.669. The van der Waals surface area contributed by atoms with Crippen LogP contribution in [0.1, 0.15) is 0 Å². The summed E-state index contributed by atoms with van der Waals surface area (Å²) in [4.78, 5) is 0.537. The van der Waals surface area contributed by atoms with E-state index in [1.807, 2.05) is 18.2 Å². The van der Waals surface area contributed by atoms with Crippen LogP contribution in [0.25, 0.3) is 5.52 Å². The van der Waals surface area contributed by atoms with Crippen molar-refractivity contribution in [3.05, 3.63) is 35.8 Å². The first-order valence-electron chi connectivity index (χ1n) is 2.90. The number of pyridine rings is 1. The van der Waals surface area contributed by atoms with Crippen LogP contribution in [0.3, 0.4) is 0 Å². The second-order valence-electron chi connectivity index (χ2n) is 1.99. The standard InChI is InChI=1S/C6H5N3O/c10-9-5-6-3-1-2-4-8(6)7-9/h1-5H. The molecule has 0 aliphatic rings. The van der Waals surface area contributed by atoms with Gasteiger partial charge in [-0.25, -0.2) is 0 Å². The minimum absolute atomic E-state index is 0.537. The Bertz CT molecular complexity index is 322. The van der Waals surface area contributed by atoms with Crippen LogP contribution in [-0.2, 0) is 0 Å². The Kier molecular flexibility index (Phi) is 0.887. The largest absolute Gasteiger partial charge is 0.691 e. The Labute approximate surface area is 56.9 Å². The predicted octanol–water partition coefficient (Wildman–Crippen LogP) is -0.0323. The molecule has 0 atom stereocenters. The average molecular weight is 135 g/mol. The van der Waals surface area contributed by atoms with Crippen molar-refractivity contribution >= 4 is 5.52 Å². The number of aromatic nitrogens is 3. The highest BCUT2D eigenvalue weighted by Gasteiger charge is 1.99. The highest BCUT2D eigenvalue weighted by atomic mass is 16.5. The van der Waals surface area contributed by atoms with Gasteiger partial charge in [0.1, 0.15) is 6.20 Å². The molecule has 0 amide bonds. The summed E-state index contributed by atoms with van der Waals surface area (Å²) in [6, 6.07) is 5.50. The molecule has 0 unspecified atom stereocenters. The molecule has 10 heavy (non-hydrogen) atoms. The zero-order chi connectivity index (χ0) is 6.97. The number of nitrogens with zero attached hydrogens (tertiary/aromatic N) is 3. The lowest BCUT2D eigenvalue weighted by atomic mass is 10.4. The van der Waals surface area contributed by atoms with Crippen molar-refractivity contribution in [3.63, 3.8) is 0 Å². The van der Waals surface area contributed by atoms with Crippen LogP contribution < -0.4 is 4.85 Å². The molecule has 2 aromatic heterocycles. The molecule has 0 N–H and O–H groups in total. The Hall–Kier alpha value is -1.58. The Morgan fingerprint density at radius 3 is 3.20 bits per heavy atom.